The molecule has 3 aromatic carbocycles. The van der Waals surface area contributed by atoms with Crippen molar-refractivity contribution >= 4 is 26.6 Å². The van der Waals surface area contributed by atoms with Crippen LogP contribution in [0.3, 0.4) is 0 Å². The lowest BCUT2D eigenvalue weighted by Crippen LogP contribution is -2.29. The lowest BCUT2D eigenvalue weighted by atomic mass is 10.1. The molecule has 1 aromatic heterocycles. The van der Waals surface area contributed by atoms with E-state index >= 15 is 0 Å². The summed E-state index contributed by atoms with van der Waals surface area (Å²) in [6, 6.07) is 23.2. The predicted molar refractivity (Wildman–Crippen MR) is 124 cm³/mol. The van der Waals surface area contributed by atoms with Crippen molar-refractivity contribution in [3.05, 3.63) is 90.6 Å². The van der Waals surface area contributed by atoms with Crippen molar-refractivity contribution in [2.24, 2.45) is 0 Å². The molecule has 0 aliphatic rings. The van der Waals surface area contributed by atoms with E-state index in [1.807, 2.05) is 36.4 Å². The minimum absolute atomic E-state index is 0.0246. The molecule has 1 amide bonds. The molecular formula is C25H24N2O4S. The lowest BCUT2D eigenvalue weighted by Gasteiger charge is -2.10. The Hall–Kier alpha value is -3.58. The van der Waals surface area contributed by atoms with Gasteiger partial charge in [0, 0.05) is 23.6 Å². The van der Waals surface area contributed by atoms with E-state index < -0.39 is 9.84 Å². The number of carbonyl (C=O) groups excluding carboxylic acids is 1. The van der Waals surface area contributed by atoms with Gasteiger partial charge in [-0.25, -0.2) is 8.42 Å². The fourth-order valence-corrected chi connectivity index (χ4v) is 5.24. The highest BCUT2D eigenvalue weighted by Gasteiger charge is 2.23. The number of ether oxygens (including phenoxy) is 1. The van der Waals surface area contributed by atoms with Crippen LogP contribution in [0.15, 0.2) is 94.9 Å². The van der Waals surface area contributed by atoms with Gasteiger partial charge in [-0.3, -0.25) is 4.79 Å². The van der Waals surface area contributed by atoms with Crippen LogP contribution in [0.4, 0.5) is 0 Å². The van der Waals surface area contributed by atoms with Gasteiger partial charge in [-0.05, 0) is 36.2 Å². The third-order valence-electron chi connectivity index (χ3n) is 5.32. The van der Waals surface area contributed by atoms with E-state index in [-0.39, 0.29) is 22.2 Å². The first-order valence-electron chi connectivity index (χ1n) is 10.3. The standard InChI is InChI=1S/C25H24N2O4S/c1-31-23-14-8-5-9-19(23)15-16-26-25(28)18-27-17-24(21-12-6-7-13-22(21)27)32(29,30)20-10-3-2-4-11-20/h2-14,17H,15-16,18H2,1H3,(H,26,28). The second-order valence-electron chi connectivity index (χ2n) is 7.37. The summed E-state index contributed by atoms with van der Waals surface area (Å²) >= 11 is 0. The van der Waals surface area contributed by atoms with Gasteiger partial charge in [-0.15, -0.1) is 0 Å². The molecule has 1 N–H and O–H groups in total. The molecule has 0 spiro atoms. The van der Waals surface area contributed by atoms with Crippen LogP contribution in [0.25, 0.3) is 10.9 Å². The number of para-hydroxylation sites is 2. The third kappa shape index (κ3) is 4.38. The molecule has 32 heavy (non-hydrogen) atoms. The van der Waals surface area contributed by atoms with Gasteiger partial charge >= 0.3 is 0 Å². The van der Waals surface area contributed by atoms with Crippen LogP contribution < -0.4 is 10.1 Å². The Balaban J connectivity index is 1.53. The molecule has 0 aliphatic carbocycles. The molecule has 7 heteroatoms. The molecule has 6 nitrogen and oxygen atoms in total. The number of fused-ring (bicyclic) bond motifs is 1. The van der Waals surface area contributed by atoms with Crippen molar-refractivity contribution in [1.29, 1.82) is 0 Å². The number of carbonyl (C=O) groups is 1. The molecule has 0 saturated carbocycles. The smallest absolute Gasteiger partial charge is 0.239 e. The number of methoxy groups -OCH3 is 1. The van der Waals surface area contributed by atoms with Crippen LogP contribution in [-0.2, 0) is 27.6 Å². The molecule has 0 fully saturated rings. The summed E-state index contributed by atoms with van der Waals surface area (Å²) in [5.41, 5.74) is 1.71. The van der Waals surface area contributed by atoms with E-state index in [1.54, 1.807) is 60.3 Å². The largest absolute Gasteiger partial charge is 0.496 e. The summed E-state index contributed by atoms with van der Waals surface area (Å²) < 4.78 is 33.4. The molecule has 0 unspecified atom stereocenters. The molecular weight excluding hydrogens is 424 g/mol. The van der Waals surface area contributed by atoms with Crippen LogP contribution >= 0.6 is 0 Å². The quantitative estimate of drug-likeness (QED) is 0.444. The third-order valence-corrected chi connectivity index (χ3v) is 7.12. The molecule has 0 bridgehead atoms. The number of nitrogens with zero attached hydrogens (tertiary/aromatic N) is 1. The van der Waals surface area contributed by atoms with E-state index in [2.05, 4.69) is 5.32 Å². The molecule has 0 aliphatic heterocycles. The maximum Gasteiger partial charge on any atom is 0.239 e. The minimum atomic E-state index is -3.71. The number of rotatable bonds is 8. The number of nitrogens with one attached hydrogen (secondary N) is 1. The predicted octanol–water partition coefficient (Wildman–Crippen LogP) is 3.84. The average molecular weight is 449 g/mol. The van der Waals surface area contributed by atoms with Crippen molar-refractivity contribution in [3.63, 3.8) is 0 Å². The molecule has 0 atom stereocenters. The number of amides is 1. The SMILES string of the molecule is COc1ccccc1CCNC(=O)Cn1cc(S(=O)(=O)c2ccccc2)c2ccccc21. The molecule has 1 heterocycles. The fraction of sp³-hybridized carbons (Fsp3) is 0.160. The van der Waals surface area contributed by atoms with Gasteiger partial charge in [-0.2, -0.15) is 0 Å². The number of hydrogen-bond acceptors (Lipinski definition) is 4. The van der Waals surface area contributed by atoms with Crippen molar-refractivity contribution in [1.82, 2.24) is 9.88 Å². The Bertz CT molecular complexity index is 1340. The van der Waals surface area contributed by atoms with E-state index in [0.29, 0.717) is 23.9 Å². The zero-order chi connectivity index (χ0) is 22.6. The molecule has 4 aromatic rings. The normalized spacial score (nSPS) is 11.4. The maximum absolute atomic E-state index is 13.2. The molecule has 4 rings (SSSR count). The van der Waals surface area contributed by atoms with Crippen molar-refractivity contribution in [3.8, 4) is 5.75 Å². The first-order valence-corrected chi connectivity index (χ1v) is 11.8. The zero-order valence-electron chi connectivity index (χ0n) is 17.7. The maximum atomic E-state index is 13.2. The number of aromatic nitrogens is 1. The molecule has 0 saturated heterocycles. The zero-order valence-corrected chi connectivity index (χ0v) is 18.5. The number of hydrogen-bond donors (Lipinski definition) is 1. The van der Waals surface area contributed by atoms with E-state index in [4.69, 9.17) is 4.74 Å². The van der Waals surface area contributed by atoms with Crippen LogP contribution in [0.5, 0.6) is 5.75 Å². The second-order valence-corrected chi connectivity index (χ2v) is 9.28. The summed E-state index contributed by atoms with van der Waals surface area (Å²) in [5, 5.41) is 3.51. The second kappa shape index (κ2) is 9.28. The van der Waals surface area contributed by atoms with Gasteiger partial charge < -0.3 is 14.6 Å². The van der Waals surface area contributed by atoms with Crippen LogP contribution in [0.2, 0.25) is 0 Å². The Morgan fingerprint density at radius 3 is 2.41 bits per heavy atom. The summed E-state index contributed by atoms with van der Waals surface area (Å²) in [4.78, 5) is 13.0. The van der Waals surface area contributed by atoms with E-state index in [0.717, 1.165) is 11.3 Å². The molecule has 0 radical (unpaired) electrons. The Labute approximate surface area is 187 Å². The highest BCUT2D eigenvalue weighted by Crippen LogP contribution is 2.30. The summed E-state index contributed by atoms with van der Waals surface area (Å²) in [5.74, 6) is 0.596. The first kappa shape index (κ1) is 21.6. The first-order chi connectivity index (χ1) is 15.5. The lowest BCUT2D eigenvalue weighted by molar-refractivity contribution is -0.121. The minimum Gasteiger partial charge on any atom is -0.496 e. The van der Waals surface area contributed by atoms with E-state index in [9.17, 15) is 13.2 Å². The van der Waals surface area contributed by atoms with Crippen molar-refractivity contribution in [2.75, 3.05) is 13.7 Å². The fourth-order valence-electron chi connectivity index (χ4n) is 3.74. The highest BCUT2D eigenvalue weighted by molar-refractivity contribution is 7.91. The summed E-state index contributed by atoms with van der Waals surface area (Å²) in [6.45, 7) is 0.477. The van der Waals surface area contributed by atoms with Crippen molar-refractivity contribution < 1.29 is 17.9 Å². The topological polar surface area (TPSA) is 77.4 Å². The summed E-state index contributed by atoms with van der Waals surface area (Å²) in [6.07, 6.45) is 2.18. The van der Waals surface area contributed by atoms with E-state index in [1.165, 1.54) is 0 Å². The summed E-state index contributed by atoms with van der Waals surface area (Å²) in [7, 11) is -2.09. The monoisotopic (exact) mass is 448 g/mol. The van der Waals surface area contributed by atoms with Gasteiger partial charge in [0.25, 0.3) is 0 Å². The Kier molecular flexibility index (Phi) is 6.28. The number of benzene rings is 3. The van der Waals surface area contributed by atoms with Gasteiger partial charge in [0.1, 0.15) is 12.3 Å². The van der Waals surface area contributed by atoms with Gasteiger partial charge in [0.2, 0.25) is 15.7 Å². The van der Waals surface area contributed by atoms with Crippen LogP contribution in [0.1, 0.15) is 5.56 Å². The van der Waals surface area contributed by atoms with Gasteiger partial charge in [0.05, 0.1) is 16.9 Å². The Morgan fingerprint density at radius 1 is 0.938 bits per heavy atom. The van der Waals surface area contributed by atoms with Gasteiger partial charge in [-0.1, -0.05) is 54.6 Å². The highest BCUT2D eigenvalue weighted by atomic mass is 32.2. The van der Waals surface area contributed by atoms with Crippen molar-refractivity contribution in [2.45, 2.75) is 22.8 Å². The van der Waals surface area contributed by atoms with Gasteiger partial charge in [0.15, 0.2) is 0 Å². The number of sulfone groups is 1. The average Bonchev–Trinajstić information content (AvgIpc) is 3.19. The molecule has 164 valence electrons. The van der Waals surface area contributed by atoms with Crippen LogP contribution in [-0.4, -0.2) is 32.5 Å². The Morgan fingerprint density at radius 2 is 1.62 bits per heavy atom. The van der Waals surface area contributed by atoms with Crippen LogP contribution in [0, 0.1) is 0 Å².